The third kappa shape index (κ3) is 25.1. The molecule has 75 heavy (non-hydrogen) atoms. The zero-order valence-electron chi connectivity index (χ0n) is 42.2. The van der Waals surface area contributed by atoms with Crippen LogP contribution in [-0.2, 0) is 71.9 Å². The molecule has 1 aliphatic rings. The molecule has 2 aromatic rings. The number of halogens is 4. The number of ether oxygens (including phenoxy) is 11. The Hall–Kier alpha value is -5.01. The smallest absolute Gasteiger partial charge is 0.313 e. The van der Waals surface area contributed by atoms with E-state index in [0.29, 0.717) is 141 Å². The summed E-state index contributed by atoms with van der Waals surface area (Å²) in [5, 5.41) is 1.37. The normalized spacial score (nSPS) is 13.0. The Morgan fingerprint density at radius 1 is 0.707 bits per heavy atom. The number of nitrogens with zero attached hydrogens (tertiary/aromatic N) is 3. The number of benzene rings is 2. The van der Waals surface area contributed by atoms with E-state index in [1.165, 1.54) is 11.3 Å². The van der Waals surface area contributed by atoms with E-state index in [4.69, 9.17) is 68.2 Å². The van der Waals surface area contributed by atoms with Gasteiger partial charge in [0.2, 0.25) is 17.4 Å². The van der Waals surface area contributed by atoms with Gasteiger partial charge >= 0.3 is 16.1 Å². The number of carbonyl (C=O) groups is 2. The van der Waals surface area contributed by atoms with Gasteiger partial charge < -0.3 is 63.6 Å². The number of amidine groups is 1. The van der Waals surface area contributed by atoms with E-state index in [-0.39, 0.29) is 45.4 Å². The molecule has 0 unspecified atom stereocenters. The highest BCUT2D eigenvalue weighted by atomic mass is 32.2. The van der Waals surface area contributed by atoms with Gasteiger partial charge in [-0.1, -0.05) is 19.1 Å². The van der Waals surface area contributed by atoms with Crippen molar-refractivity contribution in [2.75, 3.05) is 152 Å². The number of fused-ring (bicyclic) bond motifs is 1. The number of carbonyl (C=O) groups excluding carboxylic acids is 2. The average molecular weight is 1100 g/mol. The number of aliphatic imine (C=N–C) groups is 2. The molecular formula is C48H69F4N5O17S. The van der Waals surface area contributed by atoms with Gasteiger partial charge in [-0.05, 0) is 31.1 Å². The van der Waals surface area contributed by atoms with E-state index in [2.05, 4.69) is 14.7 Å². The van der Waals surface area contributed by atoms with Gasteiger partial charge in [-0.2, -0.15) is 17.2 Å². The molecule has 0 atom stereocenters. The van der Waals surface area contributed by atoms with Crippen LogP contribution in [0.5, 0.6) is 5.75 Å². The molecule has 0 saturated carbocycles. The van der Waals surface area contributed by atoms with Crippen LogP contribution < -0.4 is 16.2 Å². The van der Waals surface area contributed by atoms with Crippen LogP contribution in [0.3, 0.4) is 0 Å². The number of nitrogens with two attached hydrogens (primary N) is 2. The predicted molar refractivity (Wildman–Crippen MR) is 264 cm³/mol. The van der Waals surface area contributed by atoms with Crippen LogP contribution in [0.15, 0.2) is 44.9 Å². The van der Waals surface area contributed by atoms with Gasteiger partial charge in [0.25, 0.3) is 5.91 Å². The average Bonchev–Trinajstić information content (AvgIpc) is 3.55. The number of allylic oxidation sites excluding steroid dienone is 1. The highest BCUT2D eigenvalue weighted by molar-refractivity contribution is 7.85. The first kappa shape index (κ1) is 64.3. The number of rotatable bonds is 42. The molecule has 0 aliphatic carbocycles. The lowest BCUT2D eigenvalue weighted by Crippen LogP contribution is -2.34. The van der Waals surface area contributed by atoms with Crippen LogP contribution >= 0.6 is 0 Å². The third-order valence-corrected chi connectivity index (χ3v) is 10.6. The Labute approximate surface area is 433 Å². The highest BCUT2D eigenvalue weighted by Gasteiger charge is 2.34. The minimum absolute atomic E-state index is 0.0194. The second-order valence-electron chi connectivity index (χ2n) is 15.4. The van der Waals surface area contributed by atoms with Crippen molar-refractivity contribution < 1.29 is 97.1 Å². The zero-order valence-corrected chi connectivity index (χ0v) is 43.1. The number of esters is 1. The molecule has 0 saturated heterocycles. The molecule has 0 fully saturated rings. The number of hydrogen-bond acceptors (Lipinski definition) is 20. The number of hydrogen-bond donors (Lipinski definition) is 3. The van der Waals surface area contributed by atoms with E-state index >= 15 is 0 Å². The second-order valence-corrected chi connectivity index (χ2v) is 16.8. The Morgan fingerprint density at radius 3 is 1.59 bits per heavy atom. The molecule has 1 heterocycles. The van der Waals surface area contributed by atoms with E-state index in [0.717, 1.165) is 17.5 Å². The molecule has 3 rings (SSSR count). The summed E-state index contributed by atoms with van der Waals surface area (Å²) >= 11 is 0. The molecule has 27 heteroatoms. The van der Waals surface area contributed by atoms with Crippen molar-refractivity contribution in [2.24, 2.45) is 21.5 Å². The Morgan fingerprint density at radius 2 is 1.16 bits per heavy atom. The van der Waals surface area contributed by atoms with Crippen molar-refractivity contribution in [3.05, 3.63) is 64.4 Å². The first-order chi connectivity index (χ1) is 36.2. The minimum atomic E-state index is -5.65. The van der Waals surface area contributed by atoms with E-state index < -0.39 is 56.4 Å². The summed E-state index contributed by atoms with van der Waals surface area (Å²) in [4.78, 5) is 37.3. The maximum Gasteiger partial charge on any atom is 0.313 e. The fourth-order valence-electron chi connectivity index (χ4n) is 6.25. The lowest BCUT2D eigenvalue weighted by molar-refractivity contribution is -0.180. The molecule has 0 radical (unpaired) electrons. The third-order valence-electron chi connectivity index (χ3n) is 9.77. The molecule has 1 aliphatic heterocycles. The van der Waals surface area contributed by atoms with Gasteiger partial charge in [-0.15, -0.1) is 0 Å². The summed E-state index contributed by atoms with van der Waals surface area (Å²) in [7, 11) is -5.65. The monoisotopic (exact) mass is 1100 g/mol. The van der Waals surface area contributed by atoms with Crippen LogP contribution in [0.2, 0.25) is 0 Å². The summed E-state index contributed by atoms with van der Waals surface area (Å²) in [5.74, 6) is -12.6. The SMILES string of the molecule is CCCN(OCC)C(=O)C1=Cc2ccc(C(C=NCCOCCOCCOCCOCCOCCOCCOCCOCCOCCOCCC(=O)Oc3c(F)c(F)c(S(=O)(=O)O)c(F)c3F)=CN)cc2N=C(N)C1. The van der Waals surface area contributed by atoms with Crippen LogP contribution in [0.1, 0.15) is 44.2 Å². The van der Waals surface area contributed by atoms with Gasteiger partial charge in [-0.25, -0.2) is 18.8 Å². The molecular weight excluding hydrogens is 1030 g/mol. The Balaban J connectivity index is 1.04. The minimum Gasteiger partial charge on any atom is -0.420 e. The lowest BCUT2D eigenvalue weighted by Gasteiger charge is -2.21. The van der Waals surface area contributed by atoms with Gasteiger partial charge in [0.15, 0.2) is 16.5 Å². The first-order valence-electron chi connectivity index (χ1n) is 24.1. The van der Waals surface area contributed by atoms with Gasteiger partial charge in [0.05, 0.1) is 157 Å². The number of amides is 1. The molecule has 0 spiro atoms. The van der Waals surface area contributed by atoms with Crippen LogP contribution in [0.25, 0.3) is 11.6 Å². The molecule has 1 amide bonds. The second kappa shape index (κ2) is 37.7. The van der Waals surface area contributed by atoms with Crippen molar-refractivity contribution in [1.82, 2.24) is 5.06 Å². The summed E-state index contributed by atoms with van der Waals surface area (Å²) in [5.41, 5.74) is 15.5. The maximum atomic E-state index is 14.0. The van der Waals surface area contributed by atoms with Crippen molar-refractivity contribution >= 4 is 51.4 Å². The standard InChI is InChI=1S/C48H69F4N5O17S/c1-3-9-57(73-4-2)48(59)37-30-36-6-5-35(31-39(36)56-40(54)32-37)38(33-53)34-55-8-11-64-13-15-66-17-19-68-21-23-70-25-27-72-29-28-71-26-24-69-22-20-67-18-16-65-14-12-63-10-7-41(58)74-46-42(49)44(51)47(75(60,61)62)45(52)43(46)50/h5-6,30-31,33-34H,3-4,7-29,32,53H2,1-2H3,(H2,54,56)(H,60,61,62). The largest absolute Gasteiger partial charge is 0.420 e. The van der Waals surface area contributed by atoms with Crippen molar-refractivity contribution in [3.8, 4) is 5.75 Å². The molecule has 2 aromatic carbocycles. The summed E-state index contributed by atoms with van der Waals surface area (Å²) in [6, 6.07) is 5.62. The molecule has 422 valence electrons. The zero-order chi connectivity index (χ0) is 54.7. The summed E-state index contributed by atoms with van der Waals surface area (Å²) in [6.07, 6.45) is 5.33. The quantitative estimate of drug-likeness (QED) is 0.0124. The Kier molecular flexibility index (Phi) is 32.3. The molecule has 0 bridgehead atoms. The maximum absolute atomic E-state index is 14.0. The molecule has 22 nitrogen and oxygen atoms in total. The summed E-state index contributed by atoms with van der Waals surface area (Å²) in [6.45, 7) is 11.3. The van der Waals surface area contributed by atoms with Gasteiger partial charge in [0, 0.05) is 42.1 Å². The predicted octanol–water partition coefficient (Wildman–Crippen LogP) is 3.99. The lowest BCUT2D eigenvalue weighted by atomic mass is 10.0. The van der Waals surface area contributed by atoms with Gasteiger partial charge in [0.1, 0.15) is 5.84 Å². The summed E-state index contributed by atoms with van der Waals surface area (Å²) < 4.78 is 145. The molecule has 5 N–H and O–H groups in total. The van der Waals surface area contributed by atoms with E-state index in [1.54, 1.807) is 12.3 Å². The van der Waals surface area contributed by atoms with E-state index in [9.17, 15) is 35.6 Å². The topological polar surface area (TPSA) is 279 Å². The van der Waals surface area contributed by atoms with Crippen molar-refractivity contribution in [1.29, 1.82) is 0 Å². The van der Waals surface area contributed by atoms with Gasteiger partial charge in [-0.3, -0.25) is 24.0 Å². The molecule has 0 aromatic heterocycles. The van der Waals surface area contributed by atoms with Crippen LogP contribution in [-0.4, -0.2) is 194 Å². The highest BCUT2D eigenvalue weighted by Crippen LogP contribution is 2.33. The first-order valence-corrected chi connectivity index (χ1v) is 25.5. The van der Waals surface area contributed by atoms with Crippen LogP contribution in [0, 0.1) is 23.3 Å². The van der Waals surface area contributed by atoms with Crippen LogP contribution in [0.4, 0.5) is 23.2 Å². The Bertz CT molecular complexity index is 2240. The fourth-order valence-corrected chi connectivity index (χ4v) is 6.89. The van der Waals surface area contributed by atoms with Crippen molar-refractivity contribution in [3.63, 3.8) is 0 Å². The van der Waals surface area contributed by atoms with Crippen molar-refractivity contribution in [2.45, 2.75) is 38.0 Å². The van der Waals surface area contributed by atoms with E-state index in [1.807, 2.05) is 32.0 Å². The fraction of sp³-hybridized carbons (Fsp3) is 0.583. The number of hydroxylamine groups is 2.